The van der Waals surface area contributed by atoms with Gasteiger partial charge in [0.1, 0.15) is 0 Å². The van der Waals surface area contributed by atoms with Gasteiger partial charge in [0.2, 0.25) is 0 Å². The SMILES string of the molecule is COC(=O)c1cc(N)ccc1I. The molecule has 1 rings (SSSR count). The minimum Gasteiger partial charge on any atom is -0.465 e. The van der Waals surface area contributed by atoms with Crippen molar-refractivity contribution in [3.63, 3.8) is 0 Å². The molecule has 0 aliphatic heterocycles. The zero-order valence-electron chi connectivity index (χ0n) is 6.50. The molecule has 0 bridgehead atoms. The van der Waals surface area contributed by atoms with Crippen molar-refractivity contribution in [3.8, 4) is 0 Å². The quantitative estimate of drug-likeness (QED) is 0.482. The number of ether oxygens (including phenoxy) is 1. The first-order chi connectivity index (χ1) is 5.65. The molecule has 0 saturated carbocycles. The molecular weight excluding hydrogens is 269 g/mol. The van der Waals surface area contributed by atoms with Crippen LogP contribution in [0.3, 0.4) is 0 Å². The second-order valence-electron chi connectivity index (χ2n) is 2.23. The van der Waals surface area contributed by atoms with Gasteiger partial charge in [0.15, 0.2) is 0 Å². The zero-order valence-corrected chi connectivity index (χ0v) is 8.66. The van der Waals surface area contributed by atoms with Gasteiger partial charge in [-0.25, -0.2) is 4.79 Å². The van der Waals surface area contributed by atoms with Crippen LogP contribution in [-0.4, -0.2) is 13.1 Å². The van der Waals surface area contributed by atoms with Gasteiger partial charge >= 0.3 is 5.97 Å². The first kappa shape index (κ1) is 9.31. The Kier molecular flexibility index (Phi) is 2.91. The number of anilines is 1. The Labute approximate surface area is 84.0 Å². The lowest BCUT2D eigenvalue weighted by molar-refractivity contribution is 0.0599. The van der Waals surface area contributed by atoms with Gasteiger partial charge in [-0.1, -0.05) is 0 Å². The fraction of sp³-hybridized carbons (Fsp3) is 0.125. The van der Waals surface area contributed by atoms with Crippen molar-refractivity contribution in [2.45, 2.75) is 0 Å². The average molecular weight is 277 g/mol. The van der Waals surface area contributed by atoms with E-state index < -0.39 is 0 Å². The second kappa shape index (κ2) is 3.75. The summed E-state index contributed by atoms with van der Waals surface area (Å²) in [6, 6.07) is 5.13. The normalized spacial score (nSPS) is 9.50. The van der Waals surface area contributed by atoms with Crippen LogP contribution in [0.15, 0.2) is 18.2 Å². The molecule has 1 aromatic rings. The van der Waals surface area contributed by atoms with Crippen LogP contribution < -0.4 is 5.73 Å². The van der Waals surface area contributed by atoms with Crippen molar-refractivity contribution >= 4 is 34.2 Å². The monoisotopic (exact) mass is 277 g/mol. The van der Waals surface area contributed by atoms with Crippen molar-refractivity contribution in [3.05, 3.63) is 27.3 Å². The van der Waals surface area contributed by atoms with Crippen LogP contribution in [0.2, 0.25) is 0 Å². The van der Waals surface area contributed by atoms with E-state index in [9.17, 15) is 4.79 Å². The highest BCUT2D eigenvalue weighted by Gasteiger charge is 2.09. The Bertz CT molecular complexity index is 312. The molecule has 0 aliphatic rings. The van der Waals surface area contributed by atoms with E-state index in [1.165, 1.54) is 7.11 Å². The summed E-state index contributed by atoms with van der Waals surface area (Å²) >= 11 is 2.06. The number of nitrogens with two attached hydrogens (primary N) is 1. The van der Waals surface area contributed by atoms with Crippen LogP contribution in [-0.2, 0) is 4.74 Å². The number of methoxy groups -OCH3 is 1. The molecule has 12 heavy (non-hydrogen) atoms. The average Bonchev–Trinajstić information content (AvgIpc) is 2.08. The van der Waals surface area contributed by atoms with E-state index >= 15 is 0 Å². The van der Waals surface area contributed by atoms with Crippen LogP contribution in [0.5, 0.6) is 0 Å². The smallest absolute Gasteiger partial charge is 0.339 e. The summed E-state index contributed by atoms with van der Waals surface area (Å²) in [5.74, 6) is -0.355. The summed E-state index contributed by atoms with van der Waals surface area (Å²) in [6.45, 7) is 0. The standard InChI is InChI=1S/C8H8INO2/c1-12-8(11)6-4-5(10)2-3-7(6)9/h2-4H,10H2,1H3. The molecule has 2 N–H and O–H groups in total. The van der Waals surface area contributed by atoms with Crippen LogP contribution in [0.1, 0.15) is 10.4 Å². The fourth-order valence-electron chi connectivity index (χ4n) is 0.809. The molecule has 0 aromatic heterocycles. The van der Waals surface area contributed by atoms with E-state index in [4.69, 9.17) is 5.73 Å². The predicted octanol–water partition coefficient (Wildman–Crippen LogP) is 1.66. The van der Waals surface area contributed by atoms with E-state index in [0.717, 1.165) is 3.57 Å². The first-order valence-electron chi connectivity index (χ1n) is 3.28. The Hall–Kier alpha value is -0.780. The Morgan fingerprint density at radius 3 is 2.83 bits per heavy atom. The van der Waals surface area contributed by atoms with Crippen molar-refractivity contribution in [1.82, 2.24) is 0 Å². The highest BCUT2D eigenvalue weighted by atomic mass is 127. The number of rotatable bonds is 1. The molecule has 0 heterocycles. The Morgan fingerprint density at radius 2 is 2.25 bits per heavy atom. The molecule has 0 amide bonds. The highest BCUT2D eigenvalue weighted by Crippen LogP contribution is 2.16. The van der Waals surface area contributed by atoms with Crippen LogP contribution in [0, 0.1) is 3.57 Å². The van der Waals surface area contributed by atoms with Gasteiger partial charge < -0.3 is 10.5 Å². The van der Waals surface area contributed by atoms with E-state index in [2.05, 4.69) is 27.3 Å². The molecule has 4 heteroatoms. The molecule has 0 saturated heterocycles. The third-order valence-electron chi connectivity index (χ3n) is 1.40. The van der Waals surface area contributed by atoms with E-state index in [1.807, 2.05) is 0 Å². The summed E-state index contributed by atoms with van der Waals surface area (Å²) in [7, 11) is 1.35. The maximum absolute atomic E-state index is 11.1. The molecule has 0 radical (unpaired) electrons. The van der Waals surface area contributed by atoms with E-state index in [1.54, 1.807) is 18.2 Å². The maximum atomic E-state index is 11.1. The number of hydrogen-bond acceptors (Lipinski definition) is 3. The lowest BCUT2D eigenvalue weighted by atomic mass is 10.2. The zero-order chi connectivity index (χ0) is 9.14. The van der Waals surface area contributed by atoms with Crippen LogP contribution in [0.25, 0.3) is 0 Å². The largest absolute Gasteiger partial charge is 0.465 e. The number of nitrogen functional groups attached to an aromatic ring is 1. The number of benzene rings is 1. The van der Waals surface area contributed by atoms with Gasteiger partial charge in [0, 0.05) is 9.26 Å². The number of carbonyl (C=O) groups excluding carboxylic acids is 1. The van der Waals surface area contributed by atoms with Crippen molar-refractivity contribution < 1.29 is 9.53 Å². The lowest BCUT2D eigenvalue weighted by Crippen LogP contribution is -2.04. The summed E-state index contributed by atoms with van der Waals surface area (Å²) < 4.78 is 5.41. The Morgan fingerprint density at radius 1 is 1.58 bits per heavy atom. The van der Waals surface area contributed by atoms with Gasteiger partial charge in [0.05, 0.1) is 12.7 Å². The summed E-state index contributed by atoms with van der Waals surface area (Å²) in [5, 5.41) is 0. The molecule has 0 unspecified atom stereocenters. The van der Waals surface area contributed by atoms with Gasteiger partial charge in [-0.15, -0.1) is 0 Å². The molecular formula is C8H8INO2. The molecule has 0 fully saturated rings. The van der Waals surface area contributed by atoms with Crippen LogP contribution in [0.4, 0.5) is 5.69 Å². The minimum atomic E-state index is -0.355. The molecule has 64 valence electrons. The summed E-state index contributed by atoms with van der Waals surface area (Å²) in [6.07, 6.45) is 0. The van der Waals surface area contributed by atoms with Crippen molar-refractivity contribution in [1.29, 1.82) is 0 Å². The van der Waals surface area contributed by atoms with E-state index in [-0.39, 0.29) is 5.97 Å². The molecule has 3 nitrogen and oxygen atoms in total. The Balaban J connectivity index is 3.13. The van der Waals surface area contributed by atoms with E-state index in [0.29, 0.717) is 11.3 Å². The third-order valence-corrected chi connectivity index (χ3v) is 2.34. The predicted molar refractivity (Wildman–Crippen MR) is 54.9 cm³/mol. The summed E-state index contributed by atoms with van der Waals surface area (Å²) in [4.78, 5) is 11.1. The van der Waals surface area contributed by atoms with Gasteiger partial charge in [-0.3, -0.25) is 0 Å². The van der Waals surface area contributed by atoms with Gasteiger partial charge in [0.25, 0.3) is 0 Å². The maximum Gasteiger partial charge on any atom is 0.339 e. The fourth-order valence-corrected chi connectivity index (χ4v) is 1.36. The van der Waals surface area contributed by atoms with Crippen molar-refractivity contribution in [2.75, 3.05) is 12.8 Å². The highest BCUT2D eigenvalue weighted by molar-refractivity contribution is 14.1. The molecule has 0 atom stereocenters. The number of hydrogen-bond donors (Lipinski definition) is 1. The first-order valence-corrected chi connectivity index (χ1v) is 4.36. The number of esters is 1. The van der Waals surface area contributed by atoms with Crippen LogP contribution >= 0.6 is 22.6 Å². The van der Waals surface area contributed by atoms with Crippen molar-refractivity contribution in [2.24, 2.45) is 0 Å². The topological polar surface area (TPSA) is 52.3 Å². The summed E-state index contributed by atoms with van der Waals surface area (Å²) in [5.41, 5.74) is 6.59. The van der Waals surface area contributed by atoms with Gasteiger partial charge in [-0.05, 0) is 40.8 Å². The van der Waals surface area contributed by atoms with Gasteiger partial charge in [-0.2, -0.15) is 0 Å². The lowest BCUT2D eigenvalue weighted by Gasteiger charge is -2.02. The molecule has 1 aromatic carbocycles. The molecule has 0 spiro atoms. The minimum absolute atomic E-state index is 0.355. The molecule has 0 aliphatic carbocycles. The third kappa shape index (κ3) is 1.88. The number of halogens is 1. The number of carbonyl (C=O) groups is 1. The second-order valence-corrected chi connectivity index (χ2v) is 3.39.